The van der Waals surface area contributed by atoms with Crippen LogP contribution in [-0.4, -0.2) is 34.8 Å². The molecule has 6 nitrogen and oxygen atoms in total. The van der Waals surface area contributed by atoms with Crippen LogP contribution in [0.3, 0.4) is 0 Å². The molecular weight excluding hydrogens is 313 g/mol. The van der Waals surface area contributed by atoms with Gasteiger partial charge in [-0.2, -0.15) is 0 Å². The van der Waals surface area contributed by atoms with E-state index in [0.717, 1.165) is 23.3 Å². The zero-order chi connectivity index (χ0) is 17.3. The molecule has 1 saturated heterocycles. The van der Waals surface area contributed by atoms with Crippen LogP contribution in [0, 0.1) is 5.82 Å². The van der Waals surface area contributed by atoms with Crippen molar-refractivity contribution in [2.75, 3.05) is 6.54 Å². The van der Waals surface area contributed by atoms with Gasteiger partial charge in [-0.1, -0.05) is 25.0 Å². The molecule has 2 N–H and O–H groups in total. The monoisotopic (exact) mass is 333 g/mol. The first kappa shape index (κ1) is 16.4. The van der Waals surface area contributed by atoms with Crippen LogP contribution < -0.4 is 10.6 Å². The Morgan fingerprint density at radius 3 is 2.54 bits per heavy atom. The first-order valence-corrected chi connectivity index (χ1v) is 8.10. The maximum atomic E-state index is 12.9. The fourth-order valence-corrected chi connectivity index (χ4v) is 3.40. The second-order valence-corrected chi connectivity index (χ2v) is 6.45. The predicted molar refractivity (Wildman–Crippen MR) is 84.4 cm³/mol. The van der Waals surface area contributed by atoms with Crippen molar-refractivity contribution in [3.8, 4) is 0 Å². The maximum Gasteiger partial charge on any atom is 0.325 e. The number of carbonyl (C=O) groups is 3. The lowest BCUT2D eigenvalue weighted by Gasteiger charge is -2.20. The van der Waals surface area contributed by atoms with Crippen LogP contribution in [0.25, 0.3) is 0 Å². The van der Waals surface area contributed by atoms with E-state index >= 15 is 0 Å². The molecule has 1 aromatic carbocycles. The van der Waals surface area contributed by atoms with Crippen molar-refractivity contribution < 1.29 is 18.8 Å². The Balaban J connectivity index is 1.61. The topological polar surface area (TPSA) is 78.5 Å². The van der Waals surface area contributed by atoms with Crippen LogP contribution in [0.1, 0.15) is 44.2 Å². The molecule has 1 saturated carbocycles. The number of hydrogen-bond donors (Lipinski definition) is 2. The lowest BCUT2D eigenvalue weighted by molar-refractivity contribution is -0.135. The van der Waals surface area contributed by atoms with Crippen LogP contribution in [0.5, 0.6) is 0 Å². The molecule has 1 aliphatic heterocycles. The Kier molecular flexibility index (Phi) is 4.26. The largest absolute Gasteiger partial charge is 0.348 e. The number of benzene rings is 1. The summed E-state index contributed by atoms with van der Waals surface area (Å²) in [5, 5.41) is 5.47. The van der Waals surface area contributed by atoms with Crippen LogP contribution in [-0.2, 0) is 9.59 Å². The van der Waals surface area contributed by atoms with Gasteiger partial charge in [0.05, 0.1) is 6.04 Å². The van der Waals surface area contributed by atoms with Gasteiger partial charge in [0, 0.05) is 0 Å². The van der Waals surface area contributed by atoms with E-state index in [-0.39, 0.29) is 24.3 Å². The van der Waals surface area contributed by atoms with E-state index in [4.69, 9.17) is 0 Å². The molecule has 1 aliphatic carbocycles. The van der Waals surface area contributed by atoms with Gasteiger partial charge in [0.1, 0.15) is 17.9 Å². The van der Waals surface area contributed by atoms with E-state index < -0.39 is 17.5 Å². The van der Waals surface area contributed by atoms with Gasteiger partial charge >= 0.3 is 6.03 Å². The Hall–Kier alpha value is -2.44. The van der Waals surface area contributed by atoms with Crippen LogP contribution in [0.4, 0.5) is 9.18 Å². The first-order valence-electron chi connectivity index (χ1n) is 8.10. The summed E-state index contributed by atoms with van der Waals surface area (Å²) in [6, 6.07) is 4.95. The summed E-state index contributed by atoms with van der Waals surface area (Å²) < 4.78 is 12.9. The fraction of sp³-hybridized carbons (Fsp3) is 0.471. The lowest BCUT2D eigenvalue weighted by atomic mass is 9.98. The summed E-state index contributed by atoms with van der Waals surface area (Å²) in [4.78, 5) is 37.7. The summed E-state index contributed by atoms with van der Waals surface area (Å²) in [6.07, 6.45) is 3.05. The lowest BCUT2D eigenvalue weighted by Crippen LogP contribution is -2.45. The molecule has 7 heteroatoms. The zero-order valence-corrected chi connectivity index (χ0v) is 13.5. The van der Waals surface area contributed by atoms with Crippen molar-refractivity contribution in [3.05, 3.63) is 35.6 Å². The maximum absolute atomic E-state index is 12.9. The van der Waals surface area contributed by atoms with Gasteiger partial charge in [-0.3, -0.25) is 14.5 Å². The number of carbonyl (C=O) groups excluding carboxylic acids is 3. The van der Waals surface area contributed by atoms with E-state index in [2.05, 4.69) is 10.6 Å². The van der Waals surface area contributed by atoms with Gasteiger partial charge in [-0.15, -0.1) is 0 Å². The van der Waals surface area contributed by atoms with Crippen molar-refractivity contribution in [3.63, 3.8) is 0 Å². The third-order valence-corrected chi connectivity index (χ3v) is 4.75. The first-order chi connectivity index (χ1) is 11.4. The van der Waals surface area contributed by atoms with E-state index in [0.29, 0.717) is 12.8 Å². The third-order valence-electron chi connectivity index (χ3n) is 4.75. The number of nitrogens with zero attached hydrogens (tertiary/aromatic N) is 1. The second-order valence-electron chi connectivity index (χ2n) is 6.45. The van der Waals surface area contributed by atoms with E-state index in [1.54, 1.807) is 19.1 Å². The van der Waals surface area contributed by atoms with E-state index in [1.165, 1.54) is 12.1 Å². The number of nitrogens with one attached hydrogen (secondary N) is 2. The Morgan fingerprint density at radius 2 is 1.92 bits per heavy atom. The summed E-state index contributed by atoms with van der Waals surface area (Å²) in [6.45, 7) is 1.45. The number of amides is 4. The van der Waals surface area contributed by atoms with Gasteiger partial charge in [0.25, 0.3) is 5.91 Å². The highest BCUT2D eigenvalue weighted by atomic mass is 19.1. The molecule has 0 unspecified atom stereocenters. The van der Waals surface area contributed by atoms with Gasteiger partial charge in [-0.05, 0) is 37.5 Å². The number of imide groups is 1. The molecule has 0 bridgehead atoms. The molecule has 1 spiro atoms. The van der Waals surface area contributed by atoms with Crippen molar-refractivity contribution in [2.24, 2.45) is 0 Å². The standard InChI is InChI=1S/C17H20FN3O3/c1-11(12-4-6-13(18)7-5-12)19-14(22)10-21-15(23)17(20-16(21)24)8-2-3-9-17/h4-7,11H,2-3,8-10H2,1H3,(H,19,22)(H,20,24)/t11-/m1/s1. The van der Waals surface area contributed by atoms with Gasteiger partial charge in [0.15, 0.2) is 0 Å². The highest BCUT2D eigenvalue weighted by Crippen LogP contribution is 2.34. The van der Waals surface area contributed by atoms with E-state index in [1.807, 2.05) is 0 Å². The smallest absolute Gasteiger partial charge is 0.325 e. The van der Waals surface area contributed by atoms with Crippen LogP contribution >= 0.6 is 0 Å². The number of halogens is 1. The number of rotatable bonds is 4. The molecule has 128 valence electrons. The van der Waals surface area contributed by atoms with Crippen LogP contribution in [0.2, 0.25) is 0 Å². The zero-order valence-electron chi connectivity index (χ0n) is 13.5. The Bertz CT molecular complexity index is 668. The SMILES string of the molecule is C[C@@H](NC(=O)CN1C(=O)NC2(CCCC2)C1=O)c1ccc(F)cc1. The minimum atomic E-state index is -0.806. The van der Waals surface area contributed by atoms with Crippen LogP contribution in [0.15, 0.2) is 24.3 Å². The van der Waals surface area contributed by atoms with Crippen molar-refractivity contribution in [1.29, 1.82) is 0 Å². The average Bonchev–Trinajstić information content (AvgIpc) is 3.09. The van der Waals surface area contributed by atoms with Crippen molar-refractivity contribution in [1.82, 2.24) is 15.5 Å². The average molecular weight is 333 g/mol. The molecule has 1 heterocycles. The number of hydrogen-bond acceptors (Lipinski definition) is 3. The van der Waals surface area contributed by atoms with Crippen molar-refractivity contribution >= 4 is 17.8 Å². The molecule has 1 atom stereocenters. The van der Waals surface area contributed by atoms with Gasteiger partial charge < -0.3 is 10.6 Å². The summed E-state index contributed by atoms with van der Waals surface area (Å²) in [7, 11) is 0. The minimum Gasteiger partial charge on any atom is -0.348 e. The molecule has 0 aromatic heterocycles. The summed E-state index contributed by atoms with van der Waals surface area (Å²) in [5.74, 6) is -1.08. The second kappa shape index (κ2) is 6.22. The van der Waals surface area contributed by atoms with E-state index in [9.17, 15) is 18.8 Å². The molecule has 4 amide bonds. The predicted octanol–water partition coefficient (Wildman–Crippen LogP) is 1.87. The Labute approximate surface area is 139 Å². The fourth-order valence-electron chi connectivity index (χ4n) is 3.40. The van der Waals surface area contributed by atoms with Gasteiger partial charge in [-0.25, -0.2) is 9.18 Å². The number of urea groups is 1. The Morgan fingerprint density at radius 1 is 1.29 bits per heavy atom. The summed E-state index contributed by atoms with van der Waals surface area (Å²) in [5.41, 5.74) is -0.0610. The van der Waals surface area contributed by atoms with Crippen molar-refractivity contribution in [2.45, 2.75) is 44.2 Å². The molecule has 2 fully saturated rings. The third kappa shape index (κ3) is 2.98. The van der Waals surface area contributed by atoms with Gasteiger partial charge in [0.2, 0.25) is 5.91 Å². The highest BCUT2D eigenvalue weighted by Gasteiger charge is 2.52. The highest BCUT2D eigenvalue weighted by molar-refractivity contribution is 6.09. The summed E-state index contributed by atoms with van der Waals surface area (Å²) >= 11 is 0. The quantitative estimate of drug-likeness (QED) is 0.826. The normalized spacial score (nSPS) is 20.3. The molecule has 0 radical (unpaired) electrons. The molecule has 1 aromatic rings. The molecular formula is C17H20FN3O3. The minimum absolute atomic E-state index is 0.308. The molecule has 3 rings (SSSR count). The molecule has 2 aliphatic rings. The molecule has 24 heavy (non-hydrogen) atoms.